The first-order valence-electron chi connectivity index (χ1n) is 9.01. The van der Waals surface area contributed by atoms with Gasteiger partial charge in [0.1, 0.15) is 11.5 Å². The number of rotatable bonds is 7. The van der Waals surface area contributed by atoms with Gasteiger partial charge in [0.15, 0.2) is 5.96 Å². The molecule has 0 amide bonds. The van der Waals surface area contributed by atoms with E-state index in [0.29, 0.717) is 12.5 Å². The third kappa shape index (κ3) is 6.56. The molecule has 7 heteroatoms. The lowest BCUT2D eigenvalue weighted by Gasteiger charge is -2.09. The third-order valence-electron chi connectivity index (χ3n) is 4.00. The summed E-state index contributed by atoms with van der Waals surface area (Å²) in [4.78, 5) is 4.39. The lowest BCUT2D eigenvalue weighted by atomic mass is 10.3. The van der Waals surface area contributed by atoms with Crippen LogP contribution >= 0.6 is 24.0 Å². The summed E-state index contributed by atoms with van der Waals surface area (Å²) in [6, 6.07) is 19.4. The van der Waals surface area contributed by atoms with Gasteiger partial charge in [-0.2, -0.15) is 5.10 Å². The van der Waals surface area contributed by atoms with Crippen molar-refractivity contribution in [3.05, 3.63) is 72.1 Å². The SMILES string of the molecule is Cc1cc(C)n(CCCN=C(N)Nc2cccc(Oc3ccccc3)c2)n1.I. The van der Waals surface area contributed by atoms with E-state index in [1.54, 1.807) is 0 Å². The van der Waals surface area contributed by atoms with Crippen LogP contribution in [0.15, 0.2) is 65.7 Å². The average Bonchev–Trinajstić information content (AvgIpc) is 2.97. The van der Waals surface area contributed by atoms with E-state index in [1.807, 2.05) is 66.2 Å². The molecule has 0 unspecified atom stereocenters. The van der Waals surface area contributed by atoms with Crippen molar-refractivity contribution in [3.8, 4) is 11.5 Å². The number of anilines is 1. The maximum Gasteiger partial charge on any atom is 0.193 e. The number of benzene rings is 2. The van der Waals surface area contributed by atoms with Crippen LogP contribution in [0.25, 0.3) is 0 Å². The molecule has 0 aliphatic rings. The zero-order chi connectivity index (χ0) is 19.1. The van der Waals surface area contributed by atoms with Crippen LogP contribution in [0.4, 0.5) is 5.69 Å². The standard InChI is InChI=1S/C21H25N5O.HI/c1-16-14-17(2)26(25-16)13-7-12-23-21(22)24-18-8-6-11-20(15-18)27-19-9-4-3-5-10-19;/h3-6,8-11,14-15H,7,12-13H2,1-2H3,(H3,22,23,24);1H. The predicted octanol–water partition coefficient (Wildman–Crippen LogP) is 4.73. The van der Waals surface area contributed by atoms with E-state index in [0.717, 1.165) is 41.5 Å². The number of aromatic nitrogens is 2. The number of aliphatic imine (C=N–C) groups is 1. The summed E-state index contributed by atoms with van der Waals surface area (Å²) >= 11 is 0. The van der Waals surface area contributed by atoms with Crippen LogP contribution in [-0.4, -0.2) is 22.3 Å². The van der Waals surface area contributed by atoms with Crippen LogP contribution in [0.3, 0.4) is 0 Å². The Morgan fingerprint density at radius 3 is 2.54 bits per heavy atom. The minimum Gasteiger partial charge on any atom is -0.457 e. The Bertz CT molecular complexity index is 908. The van der Waals surface area contributed by atoms with Gasteiger partial charge in [-0.1, -0.05) is 24.3 Å². The second kappa shape index (κ2) is 10.7. The predicted molar refractivity (Wildman–Crippen MR) is 125 cm³/mol. The Balaban J connectivity index is 0.00000280. The van der Waals surface area contributed by atoms with Crippen LogP contribution in [0.2, 0.25) is 0 Å². The Morgan fingerprint density at radius 2 is 1.82 bits per heavy atom. The topological polar surface area (TPSA) is 77.5 Å². The van der Waals surface area contributed by atoms with Crippen LogP contribution < -0.4 is 15.8 Å². The quantitative estimate of drug-likeness (QED) is 0.217. The Labute approximate surface area is 182 Å². The maximum atomic E-state index is 6.00. The smallest absolute Gasteiger partial charge is 0.193 e. The van der Waals surface area contributed by atoms with Crippen molar-refractivity contribution in [3.63, 3.8) is 0 Å². The van der Waals surface area contributed by atoms with Crippen molar-refractivity contribution >= 4 is 35.6 Å². The molecule has 3 N–H and O–H groups in total. The van der Waals surface area contributed by atoms with Gasteiger partial charge in [-0.15, -0.1) is 24.0 Å². The van der Waals surface area contributed by atoms with E-state index in [-0.39, 0.29) is 24.0 Å². The number of nitrogens with one attached hydrogen (secondary N) is 1. The van der Waals surface area contributed by atoms with E-state index in [4.69, 9.17) is 10.5 Å². The first kappa shape index (κ1) is 21.7. The molecule has 0 fully saturated rings. The first-order chi connectivity index (χ1) is 13.1. The monoisotopic (exact) mass is 491 g/mol. The molecule has 0 bridgehead atoms. The highest BCUT2D eigenvalue weighted by atomic mass is 127. The summed E-state index contributed by atoms with van der Waals surface area (Å²) < 4.78 is 7.83. The molecule has 0 atom stereocenters. The molecular weight excluding hydrogens is 465 g/mol. The molecule has 0 radical (unpaired) electrons. The van der Waals surface area contributed by atoms with Gasteiger partial charge in [0.25, 0.3) is 0 Å². The summed E-state index contributed by atoms with van der Waals surface area (Å²) in [5.74, 6) is 1.92. The lowest BCUT2D eigenvalue weighted by Crippen LogP contribution is -2.23. The highest BCUT2D eigenvalue weighted by Crippen LogP contribution is 2.23. The number of hydrogen-bond acceptors (Lipinski definition) is 3. The number of para-hydroxylation sites is 1. The van der Waals surface area contributed by atoms with Crippen molar-refractivity contribution in [2.75, 3.05) is 11.9 Å². The van der Waals surface area contributed by atoms with Crippen molar-refractivity contribution in [2.45, 2.75) is 26.8 Å². The van der Waals surface area contributed by atoms with E-state index in [9.17, 15) is 0 Å². The molecule has 1 heterocycles. The molecule has 0 aliphatic heterocycles. The number of ether oxygens (including phenoxy) is 1. The Hall–Kier alpha value is -2.55. The van der Waals surface area contributed by atoms with Gasteiger partial charge >= 0.3 is 0 Å². The second-order valence-electron chi connectivity index (χ2n) is 6.34. The molecule has 148 valence electrons. The zero-order valence-corrected chi connectivity index (χ0v) is 18.5. The normalized spacial score (nSPS) is 11.0. The third-order valence-corrected chi connectivity index (χ3v) is 4.00. The molecule has 6 nitrogen and oxygen atoms in total. The van der Waals surface area contributed by atoms with Gasteiger partial charge in [0, 0.05) is 30.5 Å². The fourth-order valence-electron chi connectivity index (χ4n) is 2.77. The Kier molecular flexibility index (Phi) is 8.31. The molecule has 1 aromatic heterocycles. The van der Waals surface area contributed by atoms with Crippen molar-refractivity contribution < 1.29 is 4.74 Å². The van der Waals surface area contributed by atoms with E-state index in [1.165, 1.54) is 0 Å². The van der Waals surface area contributed by atoms with Crippen LogP contribution in [0.1, 0.15) is 17.8 Å². The molecule has 0 saturated heterocycles. The molecular formula is C21H26IN5O. The number of aryl methyl sites for hydroxylation is 3. The number of guanidine groups is 1. The fraction of sp³-hybridized carbons (Fsp3) is 0.238. The van der Waals surface area contributed by atoms with Crippen LogP contribution in [-0.2, 0) is 6.54 Å². The van der Waals surface area contributed by atoms with Gasteiger partial charge in [-0.25, -0.2) is 0 Å². The fourth-order valence-corrected chi connectivity index (χ4v) is 2.77. The van der Waals surface area contributed by atoms with Gasteiger partial charge in [-0.05, 0) is 50.6 Å². The zero-order valence-electron chi connectivity index (χ0n) is 16.1. The van der Waals surface area contributed by atoms with E-state index >= 15 is 0 Å². The van der Waals surface area contributed by atoms with Gasteiger partial charge in [0.05, 0.1) is 5.69 Å². The molecule has 28 heavy (non-hydrogen) atoms. The van der Waals surface area contributed by atoms with Crippen molar-refractivity contribution in [2.24, 2.45) is 10.7 Å². The summed E-state index contributed by atoms with van der Waals surface area (Å²) in [5.41, 5.74) is 9.04. The summed E-state index contributed by atoms with van der Waals surface area (Å²) in [5, 5.41) is 7.55. The summed E-state index contributed by atoms with van der Waals surface area (Å²) in [7, 11) is 0. The van der Waals surface area contributed by atoms with Gasteiger partial charge in [0.2, 0.25) is 0 Å². The maximum absolute atomic E-state index is 6.00. The van der Waals surface area contributed by atoms with Gasteiger partial charge < -0.3 is 15.8 Å². The number of nitrogens with zero attached hydrogens (tertiary/aromatic N) is 3. The average molecular weight is 491 g/mol. The van der Waals surface area contributed by atoms with Crippen molar-refractivity contribution in [1.29, 1.82) is 0 Å². The minimum absolute atomic E-state index is 0. The van der Waals surface area contributed by atoms with Gasteiger partial charge in [-0.3, -0.25) is 9.67 Å². The molecule has 3 aromatic rings. The number of halogens is 1. The Morgan fingerprint density at radius 1 is 1.07 bits per heavy atom. The molecule has 0 aliphatic carbocycles. The summed E-state index contributed by atoms with van der Waals surface area (Å²) in [6.07, 6.45) is 0.876. The van der Waals surface area contributed by atoms with E-state index in [2.05, 4.69) is 28.4 Å². The molecule has 0 spiro atoms. The summed E-state index contributed by atoms with van der Waals surface area (Å²) in [6.45, 7) is 5.52. The van der Waals surface area contributed by atoms with Crippen LogP contribution in [0.5, 0.6) is 11.5 Å². The molecule has 3 rings (SSSR count). The van der Waals surface area contributed by atoms with Crippen LogP contribution in [0, 0.1) is 13.8 Å². The highest BCUT2D eigenvalue weighted by molar-refractivity contribution is 14.0. The number of hydrogen-bond donors (Lipinski definition) is 2. The lowest BCUT2D eigenvalue weighted by molar-refractivity contribution is 0.483. The van der Waals surface area contributed by atoms with Crippen molar-refractivity contribution in [1.82, 2.24) is 9.78 Å². The minimum atomic E-state index is 0. The first-order valence-corrected chi connectivity index (χ1v) is 9.01. The molecule has 2 aromatic carbocycles. The number of nitrogens with two attached hydrogens (primary N) is 1. The molecule has 0 saturated carbocycles. The largest absolute Gasteiger partial charge is 0.457 e. The second-order valence-corrected chi connectivity index (χ2v) is 6.34. The van der Waals surface area contributed by atoms with E-state index < -0.39 is 0 Å². The highest BCUT2D eigenvalue weighted by Gasteiger charge is 2.02.